The summed E-state index contributed by atoms with van der Waals surface area (Å²) in [6.45, 7) is 6.78. The van der Waals surface area contributed by atoms with Crippen LogP contribution in [0, 0.1) is 0 Å². The van der Waals surface area contributed by atoms with Gasteiger partial charge in [-0.3, -0.25) is 0 Å². The van der Waals surface area contributed by atoms with Crippen molar-refractivity contribution >= 4 is 14.9 Å². The molecule has 0 amide bonds. The number of para-hydroxylation sites is 1. The summed E-state index contributed by atoms with van der Waals surface area (Å²) in [7, 11) is 0. The second kappa shape index (κ2) is 5.59. The van der Waals surface area contributed by atoms with Crippen molar-refractivity contribution in [1.29, 1.82) is 0 Å². The Morgan fingerprint density at radius 3 is 2.19 bits per heavy atom. The summed E-state index contributed by atoms with van der Waals surface area (Å²) in [5, 5.41) is 1.36. The molecule has 1 N–H and O–H groups in total. The van der Waals surface area contributed by atoms with E-state index in [-0.39, 0.29) is 30.2 Å². The summed E-state index contributed by atoms with van der Waals surface area (Å²) in [5.74, 6) is 0. The molecule has 0 bridgehead atoms. The van der Waals surface area contributed by atoms with Gasteiger partial charge in [0.25, 0.3) is 0 Å². The average molecular weight is 291 g/mol. The predicted octanol–water partition coefficient (Wildman–Crippen LogP) is -3.35. The van der Waals surface area contributed by atoms with E-state index in [1.54, 1.807) is 0 Å². The third-order valence-electron chi connectivity index (χ3n) is 2.46. The molecule has 0 spiro atoms. The van der Waals surface area contributed by atoms with Gasteiger partial charge in [0.05, 0.1) is 0 Å². The van der Waals surface area contributed by atoms with Crippen molar-refractivity contribution in [1.82, 2.24) is 4.98 Å². The molecule has 1 heterocycles. The normalized spacial score (nSPS) is 10.8. The Labute approximate surface area is 121 Å². The second-order valence-corrected chi connectivity index (χ2v) is 5.45. The second-order valence-electron chi connectivity index (χ2n) is 4.67. The van der Waals surface area contributed by atoms with E-state index in [2.05, 4.69) is 70.5 Å². The topological polar surface area (TPSA) is 15.8 Å². The monoisotopic (exact) mass is 290 g/mol. The minimum Gasteiger partial charge on any atom is -1.00 e. The maximum absolute atomic E-state index is 3.43. The largest absolute Gasteiger partial charge is 1.00 e. The molecular formula is C12H14Cl2NTi. The van der Waals surface area contributed by atoms with Crippen LogP contribution in [0.15, 0.2) is 24.3 Å². The molecule has 0 aliphatic rings. The van der Waals surface area contributed by atoms with Gasteiger partial charge in [0.1, 0.15) is 0 Å². The summed E-state index contributed by atoms with van der Waals surface area (Å²) in [6.07, 6.45) is 0. The van der Waals surface area contributed by atoms with E-state index < -0.39 is 0 Å². The molecule has 16 heavy (non-hydrogen) atoms. The van der Waals surface area contributed by atoms with Gasteiger partial charge in [-0.15, -0.1) is 0 Å². The Kier molecular flexibility index (Phi) is 5.61. The van der Waals surface area contributed by atoms with E-state index in [1.165, 1.54) is 20.5 Å². The Bertz CT molecular complexity index is 471. The molecule has 1 aromatic heterocycles. The molecule has 0 unspecified atom stereocenters. The molecule has 1 nitrogen and oxygen atoms in total. The van der Waals surface area contributed by atoms with Crippen LogP contribution < -0.4 is 28.8 Å². The third kappa shape index (κ3) is 2.84. The third-order valence-corrected chi connectivity index (χ3v) is 3.04. The first kappa shape index (κ1) is 16.1. The predicted molar refractivity (Wildman–Crippen MR) is 56.6 cm³/mol. The summed E-state index contributed by atoms with van der Waals surface area (Å²) in [6, 6.07) is 8.51. The molecule has 0 aliphatic carbocycles. The number of benzene rings is 1. The molecule has 85 valence electrons. The fourth-order valence-electron chi connectivity index (χ4n) is 1.92. The van der Waals surface area contributed by atoms with E-state index in [0.29, 0.717) is 0 Å². The van der Waals surface area contributed by atoms with Gasteiger partial charge in [0, 0.05) is 0 Å². The number of H-pyrrole nitrogens is 1. The van der Waals surface area contributed by atoms with E-state index in [9.17, 15) is 0 Å². The SMILES string of the molecule is CC(C)(C)c1[c]([Ti+2])[nH]c2ccccc12.[Cl-].[Cl-]. The van der Waals surface area contributed by atoms with Gasteiger partial charge >= 0.3 is 96.3 Å². The first-order chi connectivity index (χ1) is 6.50. The number of rotatable bonds is 0. The molecule has 1 aromatic carbocycles. The van der Waals surface area contributed by atoms with Crippen LogP contribution in [-0.2, 0) is 25.9 Å². The smallest absolute Gasteiger partial charge is 1.00 e. The number of hydrogen-bond acceptors (Lipinski definition) is 0. The van der Waals surface area contributed by atoms with Crippen molar-refractivity contribution in [2.24, 2.45) is 0 Å². The maximum Gasteiger partial charge on any atom is -1.00 e. The quantitative estimate of drug-likeness (QED) is 0.488. The molecule has 0 atom stereocenters. The van der Waals surface area contributed by atoms with Crippen molar-refractivity contribution in [3.8, 4) is 0 Å². The molecule has 2 aromatic rings. The van der Waals surface area contributed by atoms with Crippen molar-refractivity contribution in [3.63, 3.8) is 0 Å². The fourth-order valence-corrected chi connectivity index (χ4v) is 2.93. The molecule has 0 aliphatic heterocycles. The van der Waals surface area contributed by atoms with Crippen LogP contribution in [0.25, 0.3) is 10.9 Å². The van der Waals surface area contributed by atoms with E-state index >= 15 is 0 Å². The minimum absolute atomic E-state index is 0. The van der Waals surface area contributed by atoms with Crippen LogP contribution in [0.2, 0.25) is 0 Å². The molecule has 0 saturated heterocycles. The zero-order valence-corrected chi connectivity index (χ0v) is 12.6. The number of nitrogens with one attached hydrogen (secondary N) is 1. The number of fused-ring (bicyclic) bond motifs is 1. The number of aromatic nitrogens is 1. The standard InChI is InChI=1S/C12H14N.2ClH.Ti/c1-12(2,3)10-8-13-11-7-5-4-6-9(10)11;;;/h4-7,13H,1-3H3;2*1H;/q;;;+2/p-2. The van der Waals surface area contributed by atoms with Crippen molar-refractivity contribution < 1.29 is 45.2 Å². The molecular weight excluding hydrogens is 277 g/mol. The zero-order valence-electron chi connectivity index (χ0n) is 9.57. The Balaban J connectivity index is 0.00000112. The van der Waals surface area contributed by atoms with Gasteiger partial charge in [0.2, 0.25) is 0 Å². The molecule has 0 fully saturated rings. The van der Waals surface area contributed by atoms with Crippen LogP contribution in [0.1, 0.15) is 26.3 Å². The van der Waals surface area contributed by atoms with Gasteiger partial charge in [-0.2, -0.15) is 0 Å². The van der Waals surface area contributed by atoms with Crippen LogP contribution in [0.3, 0.4) is 0 Å². The minimum atomic E-state index is 0. The zero-order chi connectivity index (χ0) is 10.3. The van der Waals surface area contributed by atoms with Gasteiger partial charge in [-0.1, -0.05) is 0 Å². The van der Waals surface area contributed by atoms with Crippen molar-refractivity contribution in [3.05, 3.63) is 29.8 Å². The van der Waals surface area contributed by atoms with Crippen molar-refractivity contribution in [2.75, 3.05) is 0 Å². The van der Waals surface area contributed by atoms with Crippen molar-refractivity contribution in [2.45, 2.75) is 26.2 Å². The first-order valence-electron chi connectivity index (χ1n) is 4.83. The van der Waals surface area contributed by atoms with Gasteiger partial charge in [0.15, 0.2) is 0 Å². The Morgan fingerprint density at radius 1 is 1.06 bits per heavy atom. The van der Waals surface area contributed by atoms with Gasteiger partial charge in [-0.25, -0.2) is 0 Å². The summed E-state index contributed by atoms with van der Waals surface area (Å²) in [5.41, 5.74) is 2.90. The summed E-state index contributed by atoms with van der Waals surface area (Å²) in [4.78, 5) is 3.43. The summed E-state index contributed by atoms with van der Waals surface area (Å²) < 4.78 is 1.29. The molecule has 0 saturated carbocycles. The van der Waals surface area contributed by atoms with Gasteiger partial charge in [-0.05, 0) is 0 Å². The van der Waals surface area contributed by atoms with Crippen LogP contribution in [-0.4, -0.2) is 4.98 Å². The maximum atomic E-state index is 3.43. The first-order valence-corrected chi connectivity index (χ1v) is 5.61. The summed E-state index contributed by atoms with van der Waals surface area (Å²) >= 11 is 2.15. The fraction of sp³-hybridized carbons (Fsp3) is 0.333. The molecule has 2 rings (SSSR count). The molecule has 0 radical (unpaired) electrons. The number of aromatic amines is 1. The Morgan fingerprint density at radius 2 is 1.62 bits per heavy atom. The van der Waals surface area contributed by atoms with Crippen LogP contribution >= 0.6 is 0 Å². The molecule has 4 heteroatoms. The van der Waals surface area contributed by atoms with Crippen LogP contribution in [0.4, 0.5) is 0 Å². The number of halogens is 2. The van der Waals surface area contributed by atoms with E-state index in [0.717, 1.165) is 0 Å². The Hall–Kier alpha value is 0.0543. The van der Waals surface area contributed by atoms with E-state index in [1.807, 2.05) is 0 Å². The van der Waals surface area contributed by atoms with Crippen LogP contribution in [0.5, 0.6) is 0 Å². The average Bonchev–Trinajstić information content (AvgIpc) is 2.38. The van der Waals surface area contributed by atoms with Gasteiger partial charge < -0.3 is 24.8 Å². The van der Waals surface area contributed by atoms with E-state index in [4.69, 9.17) is 0 Å². The number of hydrogen-bond donors (Lipinski definition) is 1.